The van der Waals surface area contributed by atoms with E-state index in [-0.39, 0.29) is 0 Å². The van der Waals surface area contributed by atoms with Crippen molar-refractivity contribution in [2.75, 3.05) is 0 Å². The number of hydrogen-bond acceptors (Lipinski definition) is 2. The fourth-order valence-corrected chi connectivity index (χ4v) is 3.31. The molecule has 2 atom stereocenters. The number of rotatable bonds is 3. The molecule has 2 nitrogen and oxygen atoms in total. The van der Waals surface area contributed by atoms with Crippen LogP contribution < -0.4 is 11.1 Å². The van der Waals surface area contributed by atoms with Gasteiger partial charge in [0.15, 0.2) is 0 Å². The van der Waals surface area contributed by atoms with Crippen LogP contribution in [0.5, 0.6) is 0 Å². The molecule has 98 valence electrons. The third kappa shape index (κ3) is 2.95. The van der Waals surface area contributed by atoms with Crippen LogP contribution in [-0.4, -0.2) is 18.1 Å². The molecule has 0 amide bonds. The number of nitrogens with one attached hydrogen (secondary N) is 1. The van der Waals surface area contributed by atoms with Crippen molar-refractivity contribution < 1.29 is 0 Å². The molecule has 0 aromatic heterocycles. The van der Waals surface area contributed by atoms with Gasteiger partial charge in [0.05, 0.1) is 0 Å². The van der Waals surface area contributed by atoms with Crippen LogP contribution in [0.1, 0.15) is 43.6 Å². The molecule has 0 bridgehead atoms. The second-order valence-corrected chi connectivity index (χ2v) is 6.69. The summed E-state index contributed by atoms with van der Waals surface area (Å²) in [5.41, 5.74) is 7.42. The van der Waals surface area contributed by atoms with Crippen molar-refractivity contribution in [3.05, 3.63) is 34.3 Å². The van der Waals surface area contributed by atoms with Crippen molar-refractivity contribution in [3.8, 4) is 0 Å². The first-order valence-corrected chi connectivity index (χ1v) is 7.79. The Balaban J connectivity index is 1.50. The molecule has 0 saturated heterocycles. The molecular formula is C15H21BrN2. The standard InChI is InChI=1S/C15H21BrN2/c16-11-3-1-10(2-4-11)14-9-15(14)18-13-7-5-12(17)6-8-13/h1-4,12-15,18H,5-9,17H2/t12?,13?,14-,15+/m0/s1. The molecule has 0 spiro atoms. The summed E-state index contributed by atoms with van der Waals surface area (Å²) in [7, 11) is 0. The summed E-state index contributed by atoms with van der Waals surface area (Å²) in [4.78, 5) is 0. The molecule has 2 aliphatic carbocycles. The molecule has 3 N–H and O–H groups in total. The van der Waals surface area contributed by atoms with Crippen molar-refractivity contribution in [2.24, 2.45) is 5.73 Å². The number of halogens is 1. The lowest BCUT2D eigenvalue weighted by atomic mass is 9.92. The smallest absolute Gasteiger partial charge is 0.0175 e. The summed E-state index contributed by atoms with van der Waals surface area (Å²) in [6.07, 6.45) is 6.18. The lowest BCUT2D eigenvalue weighted by Gasteiger charge is -2.27. The van der Waals surface area contributed by atoms with Crippen molar-refractivity contribution in [2.45, 2.75) is 56.1 Å². The molecule has 2 fully saturated rings. The maximum atomic E-state index is 5.94. The van der Waals surface area contributed by atoms with Crippen LogP contribution in [0.15, 0.2) is 28.7 Å². The Morgan fingerprint density at radius 3 is 2.39 bits per heavy atom. The third-order valence-corrected chi connectivity index (χ3v) is 4.84. The summed E-state index contributed by atoms with van der Waals surface area (Å²) in [5, 5.41) is 3.81. The third-order valence-electron chi connectivity index (χ3n) is 4.31. The summed E-state index contributed by atoms with van der Waals surface area (Å²) >= 11 is 3.49. The van der Waals surface area contributed by atoms with Gasteiger partial charge in [-0.3, -0.25) is 0 Å². The van der Waals surface area contributed by atoms with Gasteiger partial charge in [0, 0.05) is 28.5 Å². The van der Waals surface area contributed by atoms with Crippen LogP contribution in [0.4, 0.5) is 0 Å². The Morgan fingerprint density at radius 2 is 1.72 bits per heavy atom. The van der Waals surface area contributed by atoms with Crippen LogP contribution in [0.2, 0.25) is 0 Å². The van der Waals surface area contributed by atoms with Crippen molar-refractivity contribution in [1.29, 1.82) is 0 Å². The highest BCUT2D eigenvalue weighted by Gasteiger charge is 2.39. The molecule has 3 heteroatoms. The average molecular weight is 309 g/mol. The van der Waals surface area contributed by atoms with Crippen LogP contribution in [0.3, 0.4) is 0 Å². The Hall–Kier alpha value is -0.380. The van der Waals surface area contributed by atoms with Crippen LogP contribution in [-0.2, 0) is 0 Å². The predicted octanol–water partition coefficient (Wildman–Crippen LogP) is 3.16. The molecule has 0 aliphatic heterocycles. The minimum absolute atomic E-state index is 0.449. The minimum Gasteiger partial charge on any atom is -0.328 e. The SMILES string of the molecule is NC1CCC(N[C@@H]2C[C@H]2c2ccc(Br)cc2)CC1. The van der Waals surface area contributed by atoms with E-state index in [4.69, 9.17) is 5.73 Å². The van der Waals surface area contributed by atoms with Gasteiger partial charge >= 0.3 is 0 Å². The second kappa shape index (κ2) is 5.32. The van der Waals surface area contributed by atoms with Crippen molar-refractivity contribution >= 4 is 15.9 Å². The van der Waals surface area contributed by atoms with Gasteiger partial charge in [0.2, 0.25) is 0 Å². The van der Waals surface area contributed by atoms with Crippen molar-refractivity contribution in [3.63, 3.8) is 0 Å². The molecule has 2 aliphatic rings. The Labute approximate surface area is 117 Å². The molecule has 2 saturated carbocycles. The Kier molecular flexibility index (Phi) is 3.73. The zero-order chi connectivity index (χ0) is 12.5. The van der Waals surface area contributed by atoms with E-state index in [1.165, 1.54) is 37.7 Å². The van der Waals surface area contributed by atoms with E-state index in [1.54, 1.807) is 0 Å². The topological polar surface area (TPSA) is 38.0 Å². The van der Waals surface area contributed by atoms with E-state index in [0.29, 0.717) is 18.1 Å². The number of nitrogens with two attached hydrogens (primary N) is 1. The van der Waals surface area contributed by atoms with Gasteiger partial charge < -0.3 is 11.1 Å². The fourth-order valence-electron chi connectivity index (χ4n) is 3.05. The lowest BCUT2D eigenvalue weighted by molar-refractivity contribution is 0.339. The summed E-state index contributed by atoms with van der Waals surface area (Å²) in [6, 6.07) is 10.6. The molecule has 18 heavy (non-hydrogen) atoms. The monoisotopic (exact) mass is 308 g/mol. The average Bonchev–Trinajstić information content (AvgIpc) is 3.12. The van der Waals surface area contributed by atoms with Gasteiger partial charge in [0.25, 0.3) is 0 Å². The van der Waals surface area contributed by atoms with Crippen molar-refractivity contribution in [1.82, 2.24) is 5.32 Å². The largest absolute Gasteiger partial charge is 0.328 e. The van der Waals surface area contributed by atoms with Gasteiger partial charge in [0.1, 0.15) is 0 Å². The van der Waals surface area contributed by atoms with Crippen LogP contribution in [0.25, 0.3) is 0 Å². The van der Waals surface area contributed by atoms with Gasteiger partial charge in [-0.2, -0.15) is 0 Å². The van der Waals surface area contributed by atoms with Crippen LogP contribution >= 0.6 is 15.9 Å². The molecular weight excluding hydrogens is 288 g/mol. The maximum absolute atomic E-state index is 5.94. The van der Waals surface area contributed by atoms with E-state index in [2.05, 4.69) is 45.5 Å². The Morgan fingerprint density at radius 1 is 1.06 bits per heavy atom. The van der Waals surface area contributed by atoms with E-state index >= 15 is 0 Å². The van der Waals surface area contributed by atoms with Crippen LogP contribution in [0, 0.1) is 0 Å². The van der Waals surface area contributed by atoms with E-state index in [9.17, 15) is 0 Å². The lowest BCUT2D eigenvalue weighted by Crippen LogP contribution is -2.38. The zero-order valence-electron chi connectivity index (χ0n) is 10.6. The maximum Gasteiger partial charge on any atom is 0.0175 e. The van der Waals surface area contributed by atoms with E-state index in [1.807, 2.05) is 0 Å². The second-order valence-electron chi connectivity index (χ2n) is 5.78. The normalized spacial score (nSPS) is 35.4. The van der Waals surface area contributed by atoms with E-state index in [0.717, 1.165) is 10.4 Å². The number of benzene rings is 1. The number of hydrogen-bond donors (Lipinski definition) is 2. The first-order chi connectivity index (χ1) is 8.72. The quantitative estimate of drug-likeness (QED) is 0.900. The fraction of sp³-hybridized carbons (Fsp3) is 0.600. The highest BCUT2D eigenvalue weighted by molar-refractivity contribution is 9.10. The molecule has 0 heterocycles. The highest BCUT2D eigenvalue weighted by atomic mass is 79.9. The molecule has 1 aromatic carbocycles. The first-order valence-electron chi connectivity index (χ1n) is 6.99. The molecule has 0 unspecified atom stereocenters. The van der Waals surface area contributed by atoms with Gasteiger partial charge in [-0.05, 0) is 49.8 Å². The molecule has 1 aromatic rings. The molecule has 3 rings (SSSR count). The minimum atomic E-state index is 0.449. The molecule has 0 radical (unpaired) electrons. The zero-order valence-corrected chi connectivity index (χ0v) is 12.2. The Bertz CT molecular complexity index is 395. The van der Waals surface area contributed by atoms with Gasteiger partial charge in [-0.25, -0.2) is 0 Å². The first kappa shape index (κ1) is 12.6. The van der Waals surface area contributed by atoms with E-state index < -0.39 is 0 Å². The highest BCUT2D eigenvalue weighted by Crippen LogP contribution is 2.42. The van der Waals surface area contributed by atoms with Gasteiger partial charge in [-0.15, -0.1) is 0 Å². The van der Waals surface area contributed by atoms with Gasteiger partial charge in [-0.1, -0.05) is 28.1 Å². The summed E-state index contributed by atoms with van der Waals surface area (Å²) in [6.45, 7) is 0. The predicted molar refractivity (Wildman–Crippen MR) is 78.7 cm³/mol. The summed E-state index contributed by atoms with van der Waals surface area (Å²) < 4.78 is 1.16. The summed E-state index contributed by atoms with van der Waals surface area (Å²) in [5.74, 6) is 0.730.